The monoisotopic (exact) mass is 390 g/mol. The summed E-state index contributed by atoms with van der Waals surface area (Å²) in [6.45, 7) is 4.84. The van der Waals surface area contributed by atoms with Gasteiger partial charge in [0.05, 0.1) is 17.2 Å². The molecule has 0 heterocycles. The van der Waals surface area contributed by atoms with Crippen LogP contribution in [-0.4, -0.2) is 38.8 Å². The van der Waals surface area contributed by atoms with Crippen molar-refractivity contribution < 1.29 is 17.9 Å². The molecule has 7 heteroatoms. The molecule has 0 aliphatic rings. The predicted octanol–water partition coefficient (Wildman–Crippen LogP) is 3.76. The molecule has 27 heavy (non-hydrogen) atoms. The molecule has 0 unspecified atom stereocenters. The van der Waals surface area contributed by atoms with Crippen molar-refractivity contribution in [1.29, 1.82) is 0 Å². The first-order valence-electron chi connectivity index (χ1n) is 8.99. The van der Waals surface area contributed by atoms with E-state index in [1.165, 1.54) is 28.6 Å². The van der Waals surface area contributed by atoms with Crippen LogP contribution in [0.2, 0.25) is 0 Å². The first kappa shape index (κ1) is 20.9. The fraction of sp³-hybridized carbons (Fsp3) is 0.350. The summed E-state index contributed by atoms with van der Waals surface area (Å²) in [5.41, 5.74) is 0.941. The molecule has 0 saturated carbocycles. The predicted molar refractivity (Wildman–Crippen MR) is 107 cm³/mol. The molecule has 2 rings (SSSR count). The lowest BCUT2D eigenvalue weighted by Gasteiger charge is -2.17. The van der Waals surface area contributed by atoms with Gasteiger partial charge in [0.2, 0.25) is 10.0 Å². The lowest BCUT2D eigenvalue weighted by atomic mass is 10.2. The van der Waals surface area contributed by atoms with Crippen LogP contribution in [0.15, 0.2) is 53.4 Å². The molecule has 0 fully saturated rings. The Balaban J connectivity index is 2.14. The van der Waals surface area contributed by atoms with Gasteiger partial charge >= 0.3 is 0 Å². The minimum atomic E-state index is -3.55. The Bertz CT molecular complexity index is 864. The van der Waals surface area contributed by atoms with Crippen molar-refractivity contribution in [3.05, 3.63) is 54.1 Å². The third-order valence-corrected chi connectivity index (χ3v) is 5.96. The number of ether oxygens (including phenoxy) is 1. The number of nitrogens with one attached hydrogen (secondary N) is 1. The number of benzene rings is 2. The van der Waals surface area contributed by atoms with Gasteiger partial charge in [0.1, 0.15) is 5.75 Å². The zero-order valence-corrected chi connectivity index (χ0v) is 16.8. The summed E-state index contributed by atoms with van der Waals surface area (Å²) >= 11 is 0. The fourth-order valence-corrected chi connectivity index (χ4v) is 3.71. The normalized spacial score (nSPS) is 11.4. The summed E-state index contributed by atoms with van der Waals surface area (Å²) in [6.07, 6.45) is 1.72. The Kier molecular flexibility index (Phi) is 7.38. The molecular weight excluding hydrogens is 364 g/mol. The number of anilines is 1. The highest BCUT2D eigenvalue weighted by atomic mass is 32.2. The third kappa shape index (κ3) is 5.30. The number of para-hydroxylation sites is 2. The van der Waals surface area contributed by atoms with Gasteiger partial charge in [-0.1, -0.05) is 25.5 Å². The number of amides is 1. The van der Waals surface area contributed by atoms with Gasteiger partial charge in [-0.3, -0.25) is 4.79 Å². The van der Waals surface area contributed by atoms with E-state index >= 15 is 0 Å². The minimum absolute atomic E-state index is 0.173. The molecule has 0 aromatic heterocycles. The zero-order chi connectivity index (χ0) is 19.9. The molecule has 0 saturated heterocycles. The number of unbranched alkanes of at least 4 members (excludes halogenated alkanes) is 1. The number of rotatable bonds is 9. The van der Waals surface area contributed by atoms with E-state index < -0.39 is 10.0 Å². The Morgan fingerprint density at radius 1 is 1.07 bits per heavy atom. The summed E-state index contributed by atoms with van der Waals surface area (Å²) in [5.74, 6) is 0.260. The van der Waals surface area contributed by atoms with Gasteiger partial charge < -0.3 is 10.1 Å². The van der Waals surface area contributed by atoms with E-state index in [1.54, 1.807) is 25.2 Å². The molecule has 0 atom stereocenters. The van der Waals surface area contributed by atoms with Gasteiger partial charge in [0.15, 0.2) is 0 Å². The van der Waals surface area contributed by atoms with Crippen molar-refractivity contribution in [3.63, 3.8) is 0 Å². The van der Waals surface area contributed by atoms with E-state index in [9.17, 15) is 13.2 Å². The van der Waals surface area contributed by atoms with Crippen molar-refractivity contribution in [3.8, 4) is 5.75 Å². The number of carbonyl (C=O) groups is 1. The summed E-state index contributed by atoms with van der Waals surface area (Å²) in [4.78, 5) is 12.7. The van der Waals surface area contributed by atoms with Gasteiger partial charge in [-0.05, 0) is 49.7 Å². The van der Waals surface area contributed by atoms with E-state index in [4.69, 9.17) is 4.74 Å². The van der Waals surface area contributed by atoms with Crippen LogP contribution in [0.3, 0.4) is 0 Å². The first-order valence-corrected chi connectivity index (χ1v) is 10.4. The van der Waals surface area contributed by atoms with Crippen LogP contribution < -0.4 is 10.1 Å². The molecule has 2 aromatic rings. The van der Waals surface area contributed by atoms with E-state index in [-0.39, 0.29) is 10.8 Å². The third-order valence-electron chi connectivity index (χ3n) is 4.09. The molecule has 1 amide bonds. The Hall–Kier alpha value is -2.38. The summed E-state index contributed by atoms with van der Waals surface area (Å²) < 4.78 is 31.9. The van der Waals surface area contributed by atoms with Gasteiger partial charge in [0.25, 0.3) is 5.91 Å². The number of hydrogen-bond acceptors (Lipinski definition) is 4. The molecule has 0 radical (unpaired) electrons. The van der Waals surface area contributed by atoms with Crippen LogP contribution in [0, 0.1) is 0 Å². The van der Waals surface area contributed by atoms with E-state index in [1.807, 2.05) is 19.9 Å². The van der Waals surface area contributed by atoms with E-state index in [0.29, 0.717) is 30.2 Å². The second kappa shape index (κ2) is 9.53. The molecule has 0 aliphatic carbocycles. The number of nitrogens with zero attached hydrogens (tertiary/aromatic N) is 1. The van der Waals surface area contributed by atoms with Crippen molar-refractivity contribution in [2.45, 2.75) is 31.6 Å². The van der Waals surface area contributed by atoms with Gasteiger partial charge in [-0.25, -0.2) is 12.7 Å². The first-order chi connectivity index (χ1) is 12.9. The van der Waals surface area contributed by atoms with Crippen LogP contribution in [0.5, 0.6) is 5.75 Å². The number of carbonyl (C=O) groups excluding carboxylic acids is 1. The smallest absolute Gasteiger partial charge is 0.255 e. The van der Waals surface area contributed by atoms with E-state index in [0.717, 1.165) is 12.8 Å². The lowest BCUT2D eigenvalue weighted by Crippen LogP contribution is -2.28. The maximum atomic E-state index is 12.5. The van der Waals surface area contributed by atoms with Crippen LogP contribution >= 0.6 is 0 Å². The quantitative estimate of drug-likeness (QED) is 0.707. The lowest BCUT2D eigenvalue weighted by molar-refractivity contribution is 0.102. The molecule has 146 valence electrons. The highest BCUT2D eigenvalue weighted by Gasteiger charge is 2.20. The standard InChI is InChI=1S/C20H26N2O4S/c1-4-6-15-22(3)27(24,25)17-13-11-16(12-14-17)20(23)21-18-9-7-8-10-19(18)26-5-2/h7-14H,4-6,15H2,1-3H3,(H,21,23). The van der Waals surface area contributed by atoms with Crippen molar-refractivity contribution in [1.82, 2.24) is 4.31 Å². The molecule has 0 spiro atoms. The topological polar surface area (TPSA) is 75.7 Å². The molecule has 0 bridgehead atoms. The summed E-state index contributed by atoms with van der Waals surface area (Å²) in [6, 6.07) is 13.1. The fourth-order valence-electron chi connectivity index (χ4n) is 2.50. The highest BCUT2D eigenvalue weighted by molar-refractivity contribution is 7.89. The average molecular weight is 391 g/mol. The molecule has 1 N–H and O–H groups in total. The van der Waals surface area contributed by atoms with Crippen molar-refractivity contribution >= 4 is 21.6 Å². The molecule has 2 aromatic carbocycles. The minimum Gasteiger partial charge on any atom is -0.492 e. The Morgan fingerprint density at radius 3 is 2.37 bits per heavy atom. The summed E-state index contributed by atoms with van der Waals surface area (Å²) in [7, 11) is -1.98. The van der Waals surface area contributed by atoms with Crippen LogP contribution in [-0.2, 0) is 10.0 Å². The second-order valence-electron chi connectivity index (χ2n) is 6.09. The largest absolute Gasteiger partial charge is 0.492 e. The van der Waals surface area contributed by atoms with Gasteiger partial charge in [-0.2, -0.15) is 0 Å². The Labute approximate surface area is 161 Å². The van der Waals surface area contributed by atoms with Gasteiger partial charge in [-0.15, -0.1) is 0 Å². The van der Waals surface area contributed by atoms with Gasteiger partial charge in [0, 0.05) is 19.2 Å². The molecule has 0 aliphatic heterocycles. The highest BCUT2D eigenvalue weighted by Crippen LogP contribution is 2.24. The van der Waals surface area contributed by atoms with Crippen molar-refractivity contribution in [2.24, 2.45) is 0 Å². The van der Waals surface area contributed by atoms with E-state index in [2.05, 4.69) is 5.32 Å². The second-order valence-corrected chi connectivity index (χ2v) is 8.13. The number of hydrogen-bond donors (Lipinski definition) is 1. The molecular formula is C20H26N2O4S. The van der Waals surface area contributed by atoms with Crippen molar-refractivity contribution in [2.75, 3.05) is 25.5 Å². The van der Waals surface area contributed by atoms with Crippen LogP contribution in [0.1, 0.15) is 37.0 Å². The maximum absolute atomic E-state index is 12.5. The number of sulfonamides is 1. The van der Waals surface area contributed by atoms with Crippen LogP contribution in [0.4, 0.5) is 5.69 Å². The SMILES string of the molecule is CCCCN(C)S(=O)(=O)c1ccc(C(=O)Nc2ccccc2OCC)cc1. The zero-order valence-electron chi connectivity index (χ0n) is 15.9. The average Bonchev–Trinajstić information content (AvgIpc) is 2.67. The molecule has 6 nitrogen and oxygen atoms in total. The van der Waals surface area contributed by atoms with Crippen LogP contribution in [0.25, 0.3) is 0 Å². The Morgan fingerprint density at radius 2 is 1.74 bits per heavy atom. The summed E-state index contributed by atoms with van der Waals surface area (Å²) in [5, 5.41) is 2.80. The maximum Gasteiger partial charge on any atom is 0.255 e.